The molecule has 0 aromatic rings. The zero-order chi connectivity index (χ0) is 7.72. The van der Waals surface area contributed by atoms with E-state index >= 15 is 0 Å². The van der Waals surface area contributed by atoms with Gasteiger partial charge >= 0.3 is 0 Å². The lowest BCUT2D eigenvalue weighted by molar-refractivity contribution is 0.311. The minimum absolute atomic E-state index is 0.294. The average Bonchev–Trinajstić information content (AvgIpc) is 2.43. The van der Waals surface area contributed by atoms with Gasteiger partial charge in [0.15, 0.2) is 0 Å². The molecule has 0 spiro atoms. The van der Waals surface area contributed by atoms with E-state index in [4.69, 9.17) is 0 Å². The van der Waals surface area contributed by atoms with Crippen LogP contribution in [0.2, 0.25) is 0 Å². The number of halogens is 1. The SMILES string of the molecule is CC(C)N[C@@H]1C[C@@H]1C(C)F. The minimum Gasteiger partial charge on any atom is -0.311 e. The fraction of sp³-hybridized carbons (Fsp3) is 1.00. The lowest BCUT2D eigenvalue weighted by Crippen LogP contribution is -2.27. The molecule has 1 fully saturated rings. The molecule has 60 valence electrons. The van der Waals surface area contributed by atoms with Gasteiger partial charge in [-0.1, -0.05) is 13.8 Å². The molecule has 0 saturated heterocycles. The summed E-state index contributed by atoms with van der Waals surface area (Å²) in [7, 11) is 0. The van der Waals surface area contributed by atoms with Crippen molar-refractivity contribution in [2.75, 3.05) is 0 Å². The van der Waals surface area contributed by atoms with Crippen LogP contribution in [0.15, 0.2) is 0 Å². The third-order valence-corrected chi connectivity index (χ3v) is 1.98. The summed E-state index contributed by atoms with van der Waals surface area (Å²) in [5.41, 5.74) is 0. The van der Waals surface area contributed by atoms with E-state index in [0.29, 0.717) is 18.0 Å². The largest absolute Gasteiger partial charge is 0.311 e. The molecular weight excluding hydrogens is 129 g/mol. The minimum atomic E-state index is -0.628. The zero-order valence-electron chi connectivity index (χ0n) is 6.89. The van der Waals surface area contributed by atoms with Gasteiger partial charge in [0.1, 0.15) is 6.17 Å². The molecule has 1 rings (SSSR count). The molecule has 1 saturated carbocycles. The van der Waals surface area contributed by atoms with Crippen molar-refractivity contribution in [1.29, 1.82) is 0 Å². The molecule has 3 atom stereocenters. The molecule has 0 aromatic carbocycles. The maximum atomic E-state index is 12.5. The summed E-state index contributed by atoms with van der Waals surface area (Å²) in [6.07, 6.45) is 0.395. The highest BCUT2D eigenvalue weighted by Crippen LogP contribution is 2.35. The first-order valence-corrected chi connectivity index (χ1v) is 4.01. The summed E-state index contributed by atoms with van der Waals surface area (Å²) in [4.78, 5) is 0. The lowest BCUT2D eigenvalue weighted by Gasteiger charge is -2.06. The van der Waals surface area contributed by atoms with Crippen molar-refractivity contribution in [3.8, 4) is 0 Å². The van der Waals surface area contributed by atoms with Gasteiger partial charge in [0.25, 0.3) is 0 Å². The molecule has 0 heterocycles. The van der Waals surface area contributed by atoms with Crippen LogP contribution in [0.25, 0.3) is 0 Å². The third-order valence-electron chi connectivity index (χ3n) is 1.98. The predicted octanol–water partition coefficient (Wildman–Crippen LogP) is 1.73. The summed E-state index contributed by atoms with van der Waals surface area (Å²) in [5.74, 6) is 0.294. The van der Waals surface area contributed by atoms with Crippen molar-refractivity contribution < 1.29 is 4.39 Å². The smallest absolute Gasteiger partial charge is 0.102 e. The Bertz CT molecular complexity index is 112. The molecule has 1 aliphatic carbocycles. The molecular formula is C8H16FN. The van der Waals surface area contributed by atoms with E-state index in [1.165, 1.54) is 0 Å². The van der Waals surface area contributed by atoms with Crippen molar-refractivity contribution in [3.63, 3.8) is 0 Å². The number of alkyl halides is 1. The predicted molar refractivity (Wildman–Crippen MR) is 40.7 cm³/mol. The first kappa shape index (κ1) is 7.99. The Morgan fingerprint density at radius 3 is 2.30 bits per heavy atom. The number of hydrogen-bond donors (Lipinski definition) is 1. The summed E-state index contributed by atoms with van der Waals surface area (Å²) in [5, 5.41) is 3.31. The fourth-order valence-electron chi connectivity index (χ4n) is 1.34. The maximum Gasteiger partial charge on any atom is 0.102 e. The second-order valence-electron chi connectivity index (χ2n) is 3.50. The van der Waals surface area contributed by atoms with Crippen LogP contribution in [-0.4, -0.2) is 18.3 Å². The molecule has 0 bridgehead atoms. The molecule has 0 aliphatic heterocycles. The number of rotatable bonds is 3. The molecule has 0 amide bonds. The monoisotopic (exact) mass is 145 g/mol. The lowest BCUT2D eigenvalue weighted by atomic mass is 10.3. The van der Waals surface area contributed by atoms with E-state index in [1.807, 2.05) is 0 Å². The van der Waals surface area contributed by atoms with Gasteiger partial charge in [-0.25, -0.2) is 4.39 Å². The van der Waals surface area contributed by atoms with Crippen LogP contribution in [0, 0.1) is 5.92 Å². The van der Waals surface area contributed by atoms with Crippen LogP contribution in [0.5, 0.6) is 0 Å². The molecule has 1 aliphatic rings. The molecule has 0 radical (unpaired) electrons. The van der Waals surface area contributed by atoms with Crippen LogP contribution in [-0.2, 0) is 0 Å². The normalized spacial score (nSPS) is 34.5. The average molecular weight is 145 g/mol. The van der Waals surface area contributed by atoms with Crippen molar-refractivity contribution in [2.24, 2.45) is 5.92 Å². The van der Waals surface area contributed by atoms with Gasteiger partial charge in [-0.05, 0) is 13.3 Å². The molecule has 2 heteroatoms. The first-order valence-electron chi connectivity index (χ1n) is 4.01. The van der Waals surface area contributed by atoms with Gasteiger partial charge in [-0.15, -0.1) is 0 Å². The topological polar surface area (TPSA) is 12.0 Å². The van der Waals surface area contributed by atoms with E-state index in [2.05, 4.69) is 19.2 Å². The number of nitrogens with one attached hydrogen (secondary N) is 1. The molecule has 10 heavy (non-hydrogen) atoms. The van der Waals surface area contributed by atoms with Crippen LogP contribution in [0.1, 0.15) is 27.2 Å². The fourth-order valence-corrected chi connectivity index (χ4v) is 1.34. The maximum absolute atomic E-state index is 12.5. The Hall–Kier alpha value is -0.110. The zero-order valence-corrected chi connectivity index (χ0v) is 6.89. The number of hydrogen-bond acceptors (Lipinski definition) is 1. The van der Waals surface area contributed by atoms with Crippen molar-refractivity contribution >= 4 is 0 Å². The summed E-state index contributed by atoms with van der Waals surface area (Å²) in [6.45, 7) is 5.84. The van der Waals surface area contributed by atoms with E-state index in [9.17, 15) is 4.39 Å². The second kappa shape index (κ2) is 2.87. The van der Waals surface area contributed by atoms with Crippen LogP contribution in [0.3, 0.4) is 0 Å². The molecule has 1 N–H and O–H groups in total. The highest BCUT2D eigenvalue weighted by atomic mass is 19.1. The quantitative estimate of drug-likeness (QED) is 0.637. The molecule has 1 nitrogen and oxygen atoms in total. The van der Waals surface area contributed by atoms with Gasteiger partial charge in [0.05, 0.1) is 0 Å². The van der Waals surface area contributed by atoms with E-state index in [1.54, 1.807) is 6.92 Å². The summed E-state index contributed by atoms with van der Waals surface area (Å²) >= 11 is 0. The summed E-state index contributed by atoms with van der Waals surface area (Å²) in [6, 6.07) is 0.953. The third kappa shape index (κ3) is 1.94. The van der Waals surface area contributed by atoms with E-state index in [0.717, 1.165) is 6.42 Å². The van der Waals surface area contributed by atoms with Crippen LogP contribution < -0.4 is 5.32 Å². The Morgan fingerprint density at radius 1 is 1.40 bits per heavy atom. The van der Waals surface area contributed by atoms with Gasteiger partial charge in [-0.2, -0.15) is 0 Å². The van der Waals surface area contributed by atoms with Gasteiger partial charge in [-0.3, -0.25) is 0 Å². The van der Waals surface area contributed by atoms with Crippen molar-refractivity contribution in [2.45, 2.75) is 45.4 Å². The van der Waals surface area contributed by atoms with Gasteiger partial charge in [0, 0.05) is 18.0 Å². The first-order chi connectivity index (χ1) is 4.61. The Morgan fingerprint density at radius 2 is 2.00 bits per heavy atom. The van der Waals surface area contributed by atoms with Crippen molar-refractivity contribution in [1.82, 2.24) is 5.32 Å². The summed E-state index contributed by atoms with van der Waals surface area (Å²) < 4.78 is 12.5. The van der Waals surface area contributed by atoms with Gasteiger partial charge < -0.3 is 5.32 Å². The van der Waals surface area contributed by atoms with E-state index < -0.39 is 6.17 Å². The second-order valence-corrected chi connectivity index (χ2v) is 3.50. The van der Waals surface area contributed by atoms with Gasteiger partial charge in [0.2, 0.25) is 0 Å². The Balaban J connectivity index is 2.13. The Labute approximate surface area is 62.0 Å². The van der Waals surface area contributed by atoms with Crippen LogP contribution >= 0.6 is 0 Å². The Kier molecular flexibility index (Phi) is 2.29. The van der Waals surface area contributed by atoms with Crippen LogP contribution in [0.4, 0.5) is 4.39 Å². The highest BCUT2D eigenvalue weighted by Gasteiger charge is 2.41. The molecule has 0 aromatic heterocycles. The van der Waals surface area contributed by atoms with E-state index in [-0.39, 0.29) is 0 Å². The highest BCUT2D eigenvalue weighted by molar-refractivity contribution is 4.96. The van der Waals surface area contributed by atoms with Crippen molar-refractivity contribution in [3.05, 3.63) is 0 Å². The molecule has 1 unspecified atom stereocenters. The standard InChI is InChI=1S/C8H16FN/c1-5(2)10-8-4-7(8)6(3)9/h5-8,10H,4H2,1-3H3/t6?,7-,8-/m1/s1.